The molecule has 3 rings (SSSR count). The fraction of sp³-hybridized carbons (Fsp3) is 0.500. The molecule has 1 aliphatic heterocycles. The van der Waals surface area contributed by atoms with Gasteiger partial charge in [0.15, 0.2) is 0 Å². The summed E-state index contributed by atoms with van der Waals surface area (Å²) < 4.78 is 0. The molecule has 0 amide bonds. The molecule has 1 saturated heterocycles. The quantitative estimate of drug-likeness (QED) is 0.910. The number of halogens is 1. The lowest BCUT2D eigenvalue weighted by atomic mass is 9.91. The maximum atomic E-state index is 6.02. The van der Waals surface area contributed by atoms with E-state index in [1.807, 2.05) is 12.1 Å². The summed E-state index contributed by atoms with van der Waals surface area (Å²) in [6.45, 7) is 5.43. The van der Waals surface area contributed by atoms with Crippen LogP contribution in [0.4, 0.5) is 0 Å². The Morgan fingerprint density at radius 2 is 2.15 bits per heavy atom. The first-order valence-electron chi connectivity index (χ1n) is 7.37. The number of piperidine rings is 1. The van der Waals surface area contributed by atoms with Gasteiger partial charge in [-0.2, -0.15) is 0 Å². The highest BCUT2D eigenvalue weighted by molar-refractivity contribution is 6.31. The SMILES string of the molecule is CC(N)C1CCN(Cc2c[nH]c3cc(Cl)ccc23)CC1. The van der Waals surface area contributed by atoms with Crippen LogP contribution in [0.15, 0.2) is 24.4 Å². The summed E-state index contributed by atoms with van der Waals surface area (Å²) in [5.74, 6) is 0.688. The van der Waals surface area contributed by atoms with Gasteiger partial charge in [-0.3, -0.25) is 4.90 Å². The molecule has 1 aromatic heterocycles. The molecule has 4 heteroatoms. The number of H-pyrrole nitrogens is 1. The van der Waals surface area contributed by atoms with Crippen LogP contribution in [0.3, 0.4) is 0 Å². The molecule has 1 aliphatic rings. The zero-order chi connectivity index (χ0) is 14.1. The highest BCUT2D eigenvalue weighted by Gasteiger charge is 2.22. The van der Waals surface area contributed by atoms with E-state index >= 15 is 0 Å². The van der Waals surface area contributed by atoms with Crippen molar-refractivity contribution >= 4 is 22.5 Å². The summed E-state index contributed by atoms with van der Waals surface area (Å²) in [6, 6.07) is 6.39. The summed E-state index contributed by atoms with van der Waals surface area (Å²) in [4.78, 5) is 5.84. The summed E-state index contributed by atoms with van der Waals surface area (Å²) >= 11 is 6.02. The lowest BCUT2D eigenvalue weighted by molar-refractivity contribution is 0.166. The van der Waals surface area contributed by atoms with E-state index in [-0.39, 0.29) is 0 Å². The Hall–Kier alpha value is -1.03. The second-order valence-electron chi connectivity index (χ2n) is 5.98. The molecule has 0 saturated carbocycles. The lowest BCUT2D eigenvalue weighted by Gasteiger charge is -2.33. The van der Waals surface area contributed by atoms with Crippen LogP contribution in [0.5, 0.6) is 0 Å². The van der Waals surface area contributed by atoms with Crippen LogP contribution in [0.1, 0.15) is 25.3 Å². The number of nitrogens with zero attached hydrogens (tertiary/aromatic N) is 1. The van der Waals surface area contributed by atoms with E-state index in [1.54, 1.807) is 0 Å². The highest BCUT2D eigenvalue weighted by atomic mass is 35.5. The van der Waals surface area contributed by atoms with Crippen molar-refractivity contribution in [3.8, 4) is 0 Å². The van der Waals surface area contributed by atoms with Crippen molar-refractivity contribution in [1.29, 1.82) is 0 Å². The van der Waals surface area contributed by atoms with Crippen LogP contribution in [0.25, 0.3) is 10.9 Å². The van der Waals surface area contributed by atoms with Gasteiger partial charge in [-0.1, -0.05) is 17.7 Å². The Morgan fingerprint density at radius 1 is 1.40 bits per heavy atom. The maximum Gasteiger partial charge on any atom is 0.0472 e. The topological polar surface area (TPSA) is 45.0 Å². The van der Waals surface area contributed by atoms with Gasteiger partial charge in [0.1, 0.15) is 0 Å². The van der Waals surface area contributed by atoms with E-state index < -0.39 is 0 Å². The Labute approximate surface area is 125 Å². The minimum absolute atomic E-state index is 0.326. The van der Waals surface area contributed by atoms with Crippen LogP contribution in [0.2, 0.25) is 5.02 Å². The third-order valence-electron chi connectivity index (χ3n) is 4.50. The van der Waals surface area contributed by atoms with Crippen LogP contribution >= 0.6 is 11.6 Å². The van der Waals surface area contributed by atoms with Crippen molar-refractivity contribution in [3.05, 3.63) is 35.0 Å². The minimum Gasteiger partial charge on any atom is -0.361 e. The third-order valence-corrected chi connectivity index (χ3v) is 4.73. The van der Waals surface area contributed by atoms with E-state index in [4.69, 9.17) is 17.3 Å². The highest BCUT2D eigenvalue weighted by Crippen LogP contribution is 2.25. The molecule has 1 atom stereocenters. The van der Waals surface area contributed by atoms with Gasteiger partial charge in [0.2, 0.25) is 0 Å². The van der Waals surface area contributed by atoms with Crippen LogP contribution in [-0.4, -0.2) is 29.0 Å². The van der Waals surface area contributed by atoms with Gasteiger partial charge in [0.05, 0.1) is 0 Å². The first kappa shape index (κ1) is 13.9. The smallest absolute Gasteiger partial charge is 0.0472 e. The average Bonchev–Trinajstić information content (AvgIpc) is 2.81. The number of benzene rings is 1. The number of hydrogen-bond acceptors (Lipinski definition) is 2. The predicted molar refractivity (Wildman–Crippen MR) is 85.0 cm³/mol. The zero-order valence-corrected chi connectivity index (χ0v) is 12.7. The molecule has 0 aliphatic carbocycles. The molecule has 1 fully saturated rings. The molecule has 1 unspecified atom stereocenters. The molecule has 2 heterocycles. The molecule has 3 nitrogen and oxygen atoms in total. The number of likely N-dealkylation sites (tertiary alicyclic amines) is 1. The second-order valence-corrected chi connectivity index (χ2v) is 6.41. The largest absolute Gasteiger partial charge is 0.361 e. The number of nitrogens with two attached hydrogens (primary N) is 1. The van der Waals surface area contributed by atoms with Crippen LogP contribution in [0, 0.1) is 5.92 Å². The fourth-order valence-electron chi connectivity index (χ4n) is 3.17. The van der Waals surface area contributed by atoms with Crippen molar-refractivity contribution in [2.24, 2.45) is 11.7 Å². The number of hydrogen-bond donors (Lipinski definition) is 2. The molecular weight excluding hydrogens is 270 g/mol. The van der Waals surface area contributed by atoms with Gasteiger partial charge in [-0.05, 0) is 56.5 Å². The molecule has 2 aromatic rings. The van der Waals surface area contributed by atoms with E-state index in [1.165, 1.54) is 23.8 Å². The number of aromatic amines is 1. The Morgan fingerprint density at radius 3 is 2.85 bits per heavy atom. The maximum absolute atomic E-state index is 6.02. The molecule has 0 bridgehead atoms. The van der Waals surface area contributed by atoms with Gasteiger partial charge in [-0.25, -0.2) is 0 Å². The monoisotopic (exact) mass is 291 g/mol. The summed E-state index contributed by atoms with van der Waals surface area (Å²) in [7, 11) is 0. The zero-order valence-electron chi connectivity index (χ0n) is 11.9. The second kappa shape index (κ2) is 5.76. The summed E-state index contributed by atoms with van der Waals surface area (Å²) in [5.41, 5.74) is 8.48. The Bertz CT molecular complexity index is 582. The molecule has 0 radical (unpaired) electrons. The van der Waals surface area contributed by atoms with Gasteiger partial charge >= 0.3 is 0 Å². The molecular formula is C16H22ClN3. The van der Waals surface area contributed by atoms with Gasteiger partial charge in [-0.15, -0.1) is 0 Å². The van der Waals surface area contributed by atoms with Crippen molar-refractivity contribution in [2.45, 2.75) is 32.4 Å². The van der Waals surface area contributed by atoms with Crippen LogP contribution < -0.4 is 5.73 Å². The Kier molecular flexibility index (Phi) is 4.01. The van der Waals surface area contributed by atoms with Crippen molar-refractivity contribution < 1.29 is 0 Å². The van der Waals surface area contributed by atoms with Gasteiger partial charge < -0.3 is 10.7 Å². The number of nitrogens with one attached hydrogen (secondary N) is 1. The normalized spacial score (nSPS) is 19.6. The number of fused-ring (bicyclic) bond motifs is 1. The van der Waals surface area contributed by atoms with E-state index in [9.17, 15) is 0 Å². The predicted octanol–water partition coefficient (Wildman–Crippen LogP) is 3.38. The van der Waals surface area contributed by atoms with E-state index in [2.05, 4.69) is 29.1 Å². The molecule has 108 valence electrons. The van der Waals surface area contributed by atoms with E-state index in [0.717, 1.165) is 30.2 Å². The summed E-state index contributed by atoms with van der Waals surface area (Å²) in [5, 5.41) is 2.06. The Balaban J connectivity index is 1.68. The first-order chi connectivity index (χ1) is 9.63. The minimum atomic E-state index is 0.326. The van der Waals surface area contributed by atoms with Crippen molar-refractivity contribution in [2.75, 3.05) is 13.1 Å². The molecule has 3 N–H and O–H groups in total. The van der Waals surface area contributed by atoms with Crippen LogP contribution in [-0.2, 0) is 6.54 Å². The third kappa shape index (κ3) is 2.85. The number of rotatable bonds is 3. The number of aromatic nitrogens is 1. The van der Waals surface area contributed by atoms with Crippen molar-refractivity contribution in [1.82, 2.24) is 9.88 Å². The first-order valence-corrected chi connectivity index (χ1v) is 7.75. The molecule has 1 aromatic carbocycles. The van der Waals surface area contributed by atoms with Crippen molar-refractivity contribution in [3.63, 3.8) is 0 Å². The summed E-state index contributed by atoms with van der Waals surface area (Å²) in [6.07, 6.45) is 4.54. The lowest BCUT2D eigenvalue weighted by Crippen LogP contribution is -2.39. The van der Waals surface area contributed by atoms with Gasteiger partial charge in [0.25, 0.3) is 0 Å². The molecule has 20 heavy (non-hydrogen) atoms. The molecule has 0 spiro atoms. The van der Waals surface area contributed by atoms with E-state index in [0.29, 0.717) is 12.0 Å². The fourth-order valence-corrected chi connectivity index (χ4v) is 3.34. The standard InChI is InChI=1S/C16H22ClN3/c1-11(18)12-4-6-20(7-5-12)10-13-9-19-16-8-14(17)2-3-15(13)16/h2-3,8-9,11-12,19H,4-7,10,18H2,1H3. The average molecular weight is 292 g/mol. The van der Waals surface area contributed by atoms with Gasteiger partial charge in [0, 0.05) is 34.7 Å².